The lowest BCUT2D eigenvalue weighted by molar-refractivity contribution is -0.112. The number of nitrogens with zero attached hydrogens (tertiary/aromatic N) is 1. The standard InChI is InChI=1S/C22H25N3O2/c1-4-16-10-9-11-17(5-2)21(16)25-22(26)18(14-23)15-24-19-12-7-8-13-20(19)27-6-3/h7-13,15,24H,4-6H2,1-3H3,(H,25,26)/b18-15-. The van der Waals surface area contributed by atoms with Crippen LogP contribution in [0.1, 0.15) is 31.9 Å². The number of aryl methyl sites for hydroxylation is 2. The van der Waals surface area contributed by atoms with Gasteiger partial charge in [-0.25, -0.2) is 0 Å². The SMILES string of the molecule is CCOc1ccccc1N/C=C(/C#N)C(=O)Nc1c(CC)cccc1CC. The summed E-state index contributed by atoms with van der Waals surface area (Å²) in [5, 5.41) is 15.3. The first-order valence-electron chi connectivity index (χ1n) is 9.15. The molecule has 0 aliphatic rings. The third kappa shape index (κ3) is 5.11. The summed E-state index contributed by atoms with van der Waals surface area (Å²) in [5.41, 5.74) is 3.59. The van der Waals surface area contributed by atoms with Crippen LogP contribution in [0.4, 0.5) is 11.4 Å². The second kappa shape index (κ2) is 10.0. The van der Waals surface area contributed by atoms with Gasteiger partial charge in [0.1, 0.15) is 17.4 Å². The highest BCUT2D eigenvalue weighted by molar-refractivity contribution is 6.07. The number of hydrogen-bond acceptors (Lipinski definition) is 4. The summed E-state index contributed by atoms with van der Waals surface area (Å²) in [5.74, 6) is 0.230. The van der Waals surface area contributed by atoms with Gasteiger partial charge >= 0.3 is 0 Å². The summed E-state index contributed by atoms with van der Waals surface area (Å²) in [7, 11) is 0. The Morgan fingerprint density at radius 1 is 1.07 bits per heavy atom. The smallest absolute Gasteiger partial charge is 0.267 e. The molecule has 0 radical (unpaired) electrons. The lowest BCUT2D eigenvalue weighted by Gasteiger charge is -2.14. The molecule has 0 saturated carbocycles. The Morgan fingerprint density at radius 2 is 1.74 bits per heavy atom. The minimum absolute atomic E-state index is 0.00531. The molecule has 2 aromatic carbocycles. The molecule has 5 heteroatoms. The number of hydrogen-bond donors (Lipinski definition) is 2. The molecule has 140 valence electrons. The van der Waals surface area contributed by atoms with Gasteiger partial charge in [-0.2, -0.15) is 5.26 Å². The predicted molar refractivity (Wildman–Crippen MR) is 109 cm³/mol. The maximum Gasteiger partial charge on any atom is 0.267 e. The van der Waals surface area contributed by atoms with Crippen LogP contribution in [0.25, 0.3) is 0 Å². The van der Waals surface area contributed by atoms with E-state index in [1.807, 2.05) is 69.3 Å². The van der Waals surface area contributed by atoms with Crippen LogP contribution in [-0.2, 0) is 17.6 Å². The molecule has 0 unspecified atom stereocenters. The van der Waals surface area contributed by atoms with E-state index >= 15 is 0 Å². The van der Waals surface area contributed by atoms with Gasteiger partial charge in [0, 0.05) is 11.9 Å². The molecular weight excluding hydrogens is 338 g/mol. The summed E-state index contributed by atoms with van der Waals surface area (Å²) < 4.78 is 5.54. The fraction of sp³-hybridized carbons (Fsp3) is 0.273. The second-order valence-corrected chi connectivity index (χ2v) is 5.86. The van der Waals surface area contributed by atoms with Gasteiger partial charge in [0.05, 0.1) is 12.3 Å². The molecule has 0 bridgehead atoms. The summed E-state index contributed by atoms with van der Waals surface area (Å²) in [4.78, 5) is 12.6. The van der Waals surface area contributed by atoms with Crippen molar-refractivity contribution in [1.82, 2.24) is 0 Å². The van der Waals surface area contributed by atoms with Crippen molar-refractivity contribution in [2.75, 3.05) is 17.2 Å². The van der Waals surface area contributed by atoms with Crippen LogP contribution in [0.3, 0.4) is 0 Å². The largest absolute Gasteiger partial charge is 0.492 e. The Bertz CT molecular complexity index is 844. The van der Waals surface area contributed by atoms with Crippen molar-refractivity contribution in [3.05, 3.63) is 65.4 Å². The van der Waals surface area contributed by atoms with Crippen molar-refractivity contribution in [2.45, 2.75) is 33.6 Å². The van der Waals surface area contributed by atoms with E-state index in [9.17, 15) is 10.1 Å². The number of amides is 1. The second-order valence-electron chi connectivity index (χ2n) is 5.86. The molecule has 1 amide bonds. The Morgan fingerprint density at radius 3 is 2.33 bits per heavy atom. The Kier molecular flexibility index (Phi) is 7.45. The molecule has 0 heterocycles. The summed E-state index contributed by atoms with van der Waals surface area (Å²) >= 11 is 0. The Labute approximate surface area is 160 Å². The molecule has 0 spiro atoms. The van der Waals surface area contributed by atoms with E-state index in [0.717, 1.165) is 29.7 Å². The van der Waals surface area contributed by atoms with Crippen molar-refractivity contribution < 1.29 is 9.53 Å². The van der Waals surface area contributed by atoms with E-state index in [-0.39, 0.29) is 5.57 Å². The summed E-state index contributed by atoms with van der Waals surface area (Å²) in [6.07, 6.45) is 3.01. The maximum absolute atomic E-state index is 12.6. The molecule has 0 aromatic heterocycles. The van der Waals surface area contributed by atoms with Crippen LogP contribution in [-0.4, -0.2) is 12.5 Å². The average Bonchev–Trinajstić information content (AvgIpc) is 2.70. The van der Waals surface area contributed by atoms with Gasteiger partial charge in [0.15, 0.2) is 0 Å². The quantitative estimate of drug-likeness (QED) is 0.528. The lowest BCUT2D eigenvalue weighted by Crippen LogP contribution is -2.17. The number of carbonyl (C=O) groups is 1. The van der Waals surface area contributed by atoms with Crippen LogP contribution in [0.2, 0.25) is 0 Å². The molecule has 0 fully saturated rings. The van der Waals surface area contributed by atoms with Gasteiger partial charge in [-0.1, -0.05) is 44.2 Å². The number of carbonyl (C=O) groups excluding carboxylic acids is 1. The van der Waals surface area contributed by atoms with Crippen molar-refractivity contribution in [3.8, 4) is 11.8 Å². The number of anilines is 2. The zero-order chi connectivity index (χ0) is 19.6. The number of para-hydroxylation sites is 3. The lowest BCUT2D eigenvalue weighted by atomic mass is 10.0. The van der Waals surface area contributed by atoms with Crippen molar-refractivity contribution in [2.24, 2.45) is 0 Å². The van der Waals surface area contributed by atoms with Crippen LogP contribution in [0.5, 0.6) is 5.75 Å². The molecule has 2 rings (SSSR count). The third-order valence-corrected chi connectivity index (χ3v) is 4.16. The highest BCUT2D eigenvalue weighted by atomic mass is 16.5. The van der Waals surface area contributed by atoms with Gasteiger partial charge < -0.3 is 15.4 Å². The normalized spacial score (nSPS) is 10.8. The fourth-order valence-electron chi connectivity index (χ4n) is 2.75. The van der Waals surface area contributed by atoms with E-state index in [4.69, 9.17) is 4.74 Å². The Hall–Kier alpha value is -3.26. The van der Waals surface area contributed by atoms with E-state index < -0.39 is 5.91 Å². The third-order valence-electron chi connectivity index (χ3n) is 4.16. The first-order chi connectivity index (χ1) is 13.1. The molecule has 27 heavy (non-hydrogen) atoms. The molecule has 0 atom stereocenters. The Balaban J connectivity index is 2.23. The van der Waals surface area contributed by atoms with Crippen LogP contribution >= 0.6 is 0 Å². The molecule has 0 aliphatic heterocycles. The van der Waals surface area contributed by atoms with Crippen molar-refractivity contribution >= 4 is 17.3 Å². The molecule has 2 N–H and O–H groups in total. The van der Waals surface area contributed by atoms with E-state index in [0.29, 0.717) is 18.0 Å². The number of benzene rings is 2. The number of nitrogens with one attached hydrogen (secondary N) is 2. The molecular formula is C22H25N3O2. The summed E-state index contributed by atoms with van der Waals surface area (Å²) in [6, 6.07) is 15.3. The van der Waals surface area contributed by atoms with Crippen LogP contribution < -0.4 is 15.4 Å². The van der Waals surface area contributed by atoms with Gasteiger partial charge in [0.25, 0.3) is 5.91 Å². The summed E-state index contributed by atoms with van der Waals surface area (Å²) in [6.45, 7) is 6.51. The molecule has 0 saturated heterocycles. The van der Waals surface area contributed by atoms with Crippen molar-refractivity contribution in [1.29, 1.82) is 5.26 Å². The monoisotopic (exact) mass is 363 g/mol. The molecule has 0 aliphatic carbocycles. The minimum atomic E-state index is -0.436. The van der Waals surface area contributed by atoms with Gasteiger partial charge in [0.2, 0.25) is 0 Å². The van der Waals surface area contributed by atoms with Gasteiger partial charge in [-0.15, -0.1) is 0 Å². The highest BCUT2D eigenvalue weighted by Crippen LogP contribution is 2.25. The average molecular weight is 363 g/mol. The van der Waals surface area contributed by atoms with Crippen molar-refractivity contribution in [3.63, 3.8) is 0 Å². The topological polar surface area (TPSA) is 74.1 Å². The van der Waals surface area contributed by atoms with E-state index in [2.05, 4.69) is 10.6 Å². The van der Waals surface area contributed by atoms with E-state index in [1.54, 1.807) is 0 Å². The minimum Gasteiger partial charge on any atom is -0.492 e. The number of nitriles is 1. The van der Waals surface area contributed by atoms with Crippen LogP contribution in [0.15, 0.2) is 54.2 Å². The number of ether oxygens (including phenoxy) is 1. The number of rotatable bonds is 8. The molecule has 5 nitrogen and oxygen atoms in total. The predicted octanol–water partition coefficient (Wildman–Crippen LogP) is 4.67. The molecule has 2 aromatic rings. The highest BCUT2D eigenvalue weighted by Gasteiger charge is 2.14. The zero-order valence-corrected chi connectivity index (χ0v) is 16.0. The van der Waals surface area contributed by atoms with Crippen LogP contribution in [0, 0.1) is 11.3 Å². The first kappa shape index (κ1) is 20.1. The fourth-order valence-corrected chi connectivity index (χ4v) is 2.75. The van der Waals surface area contributed by atoms with E-state index in [1.165, 1.54) is 6.20 Å². The van der Waals surface area contributed by atoms with Gasteiger partial charge in [-0.05, 0) is 43.0 Å². The first-order valence-corrected chi connectivity index (χ1v) is 9.15. The van der Waals surface area contributed by atoms with Gasteiger partial charge in [-0.3, -0.25) is 4.79 Å². The zero-order valence-electron chi connectivity index (χ0n) is 16.0. The maximum atomic E-state index is 12.6.